The highest BCUT2D eigenvalue weighted by Crippen LogP contribution is 2.23. The second-order valence-electron chi connectivity index (χ2n) is 8.71. The van der Waals surface area contributed by atoms with E-state index in [4.69, 9.17) is 4.74 Å². The van der Waals surface area contributed by atoms with Gasteiger partial charge in [0, 0.05) is 22.0 Å². The minimum absolute atomic E-state index is 0.00401. The molecule has 2 amide bonds. The molecule has 0 radical (unpaired) electrons. The standard InChI is InChI=1S/C24H25BrN2O5/c1-24(2,3)18-8-4-16(5-9-18)22(30)26-27-13-17(12-21(27)29)23(31)32-14-20(28)15-6-10-19(25)11-7-15/h4-11,17H,12-14H2,1-3H3,(H,26,30). The summed E-state index contributed by atoms with van der Waals surface area (Å²) in [5, 5.41) is 1.13. The first-order chi connectivity index (χ1) is 15.0. The number of ketones is 1. The molecule has 1 aliphatic rings. The summed E-state index contributed by atoms with van der Waals surface area (Å²) in [7, 11) is 0. The summed E-state index contributed by atoms with van der Waals surface area (Å²) in [6.07, 6.45) is -0.0887. The van der Waals surface area contributed by atoms with E-state index in [9.17, 15) is 19.2 Å². The maximum absolute atomic E-state index is 12.5. The van der Waals surface area contributed by atoms with E-state index in [1.165, 1.54) is 0 Å². The lowest BCUT2D eigenvalue weighted by Gasteiger charge is -2.20. The molecule has 1 fully saturated rings. The monoisotopic (exact) mass is 500 g/mol. The topological polar surface area (TPSA) is 92.8 Å². The Morgan fingerprint density at radius 1 is 1.03 bits per heavy atom. The minimum Gasteiger partial charge on any atom is -0.457 e. The molecule has 1 aliphatic heterocycles. The number of rotatable bonds is 6. The number of halogens is 1. The number of hydrazine groups is 1. The van der Waals surface area contributed by atoms with Gasteiger partial charge in [-0.2, -0.15) is 0 Å². The average Bonchev–Trinajstić information content (AvgIpc) is 3.12. The second-order valence-corrected chi connectivity index (χ2v) is 9.63. The normalized spacial score (nSPS) is 16.1. The molecule has 168 valence electrons. The Kier molecular flexibility index (Phi) is 7.13. The van der Waals surface area contributed by atoms with Gasteiger partial charge in [-0.25, -0.2) is 0 Å². The molecule has 0 bridgehead atoms. The predicted octanol–water partition coefficient (Wildman–Crippen LogP) is 3.67. The number of amides is 2. The van der Waals surface area contributed by atoms with Crippen molar-refractivity contribution in [2.24, 2.45) is 5.92 Å². The third kappa shape index (κ3) is 5.82. The first-order valence-corrected chi connectivity index (χ1v) is 11.0. The third-order valence-electron chi connectivity index (χ3n) is 5.22. The number of nitrogens with one attached hydrogen (secondary N) is 1. The lowest BCUT2D eigenvalue weighted by Crippen LogP contribution is -2.43. The molecule has 7 nitrogen and oxygen atoms in total. The molecular weight excluding hydrogens is 476 g/mol. The molecule has 2 aromatic rings. The molecule has 0 aromatic heterocycles. The first kappa shape index (κ1) is 23.7. The van der Waals surface area contributed by atoms with Gasteiger partial charge in [0.2, 0.25) is 5.91 Å². The van der Waals surface area contributed by atoms with Gasteiger partial charge in [-0.1, -0.05) is 61.0 Å². The molecule has 2 aromatic carbocycles. The molecule has 0 saturated carbocycles. The largest absolute Gasteiger partial charge is 0.457 e. The van der Waals surface area contributed by atoms with Crippen molar-refractivity contribution in [2.75, 3.05) is 13.2 Å². The van der Waals surface area contributed by atoms with E-state index in [0.717, 1.165) is 15.0 Å². The Labute approximate surface area is 195 Å². The van der Waals surface area contributed by atoms with Crippen molar-refractivity contribution in [2.45, 2.75) is 32.6 Å². The van der Waals surface area contributed by atoms with Crippen molar-refractivity contribution in [3.63, 3.8) is 0 Å². The lowest BCUT2D eigenvalue weighted by atomic mass is 9.87. The van der Waals surface area contributed by atoms with Gasteiger partial charge in [0.15, 0.2) is 12.4 Å². The van der Waals surface area contributed by atoms with Crippen LogP contribution in [0.5, 0.6) is 0 Å². The summed E-state index contributed by atoms with van der Waals surface area (Å²) in [4.78, 5) is 49.3. The molecular formula is C24H25BrN2O5. The van der Waals surface area contributed by atoms with Gasteiger partial charge in [0.05, 0.1) is 12.5 Å². The summed E-state index contributed by atoms with van der Waals surface area (Å²) in [5.74, 6) is -2.54. The fourth-order valence-electron chi connectivity index (χ4n) is 3.26. The van der Waals surface area contributed by atoms with Crippen molar-refractivity contribution in [1.82, 2.24) is 10.4 Å². The van der Waals surface area contributed by atoms with E-state index in [2.05, 4.69) is 42.1 Å². The molecule has 3 rings (SSSR count). The molecule has 1 unspecified atom stereocenters. The number of nitrogens with zero attached hydrogens (tertiary/aromatic N) is 1. The number of ether oxygens (including phenoxy) is 1. The minimum atomic E-state index is -0.746. The van der Waals surface area contributed by atoms with E-state index in [0.29, 0.717) is 11.1 Å². The molecule has 8 heteroatoms. The Balaban J connectivity index is 1.52. The predicted molar refractivity (Wildman–Crippen MR) is 122 cm³/mol. The maximum atomic E-state index is 12.5. The SMILES string of the molecule is CC(C)(C)c1ccc(C(=O)NN2CC(C(=O)OCC(=O)c3ccc(Br)cc3)CC2=O)cc1. The van der Waals surface area contributed by atoms with Crippen LogP contribution >= 0.6 is 15.9 Å². The van der Waals surface area contributed by atoms with E-state index in [1.54, 1.807) is 36.4 Å². The van der Waals surface area contributed by atoms with Gasteiger partial charge >= 0.3 is 5.97 Å². The fourth-order valence-corrected chi connectivity index (χ4v) is 3.52. The van der Waals surface area contributed by atoms with Crippen molar-refractivity contribution < 1.29 is 23.9 Å². The molecule has 0 spiro atoms. The highest BCUT2D eigenvalue weighted by atomic mass is 79.9. The molecule has 32 heavy (non-hydrogen) atoms. The fraction of sp³-hybridized carbons (Fsp3) is 0.333. The Bertz CT molecular complexity index is 1030. The quantitative estimate of drug-likeness (QED) is 0.482. The van der Waals surface area contributed by atoms with Crippen molar-refractivity contribution >= 4 is 39.5 Å². The van der Waals surface area contributed by atoms with Crippen molar-refractivity contribution in [3.05, 3.63) is 69.7 Å². The number of hydrogen-bond donors (Lipinski definition) is 1. The van der Waals surface area contributed by atoms with Gasteiger partial charge in [-0.05, 0) is 35.2 Å². The molecule has 1 atom stereocenters. The zero-order valence-corrected chi connectivity index (χ0v) is 19.8. The van der Waals surface area contributed by atoms with E-state index in [1.807, 2.05) is 12.1 Å². The van der Waals surface area contributed by atoms with E-state index >= 15 is 0 Å². The van der Waals surface area contributed by atoms with Crippen LogP contribution in [0.2, 0.25) is 0 Å². The van der Waals surface area contributed by atoms with Crippen LogP contribution in [0.4, 0.5) is 0 Å². The van der Waals surface area contributed by atoms with Crippen LogP contribution < -0.4 is 5.43 Å². The lowest BCUT2D eigenvalue weighted by molar-refractivity contribution is -0.147. The smallest absolute Gasteiger partial charge is 0.311 e. The van der Waals surface area contributed by atoms with Gasteiger partial charge in [0.1, 0.15) is 0 Å². The summed E-state index contributed by atoms with van der Waals surface area (Å²) < 4.78 is 5.95. The number of Topliss-reactive ketones (excluding diaryl/α,β-unsaturated/α-hetero) is 1. The van der Waals surface area contributed by atoms with Crippen molar-refractivity contribution in [3.8, 4) is 0 Å². The molecule has 1 saturated heterocycles. The van der Waals surface area contributed by atoms with Crippen LogP contribution in [-0.2, 0) is 19.7 Å². The maximum Gasteiger partial charge on any atom is 0.311 e. The highest BCUT2D eigenvalue weighted by molar-refractivity contribution is 9.10. The highest BCUT2D eigenvalue weighted by Gasteiger charge is 2.36. The van der Waals surface area contributed by atoms with E-state index in [-0.39, 0.29) is 30.1 Å². The first-order valence-electron chi connectivity index (χ1n) is 10.2. The Hall–Kier alpha value is -3.00. The zero-order valence-electron chi connectivity index (χ0n) is 18.2. The number of benzene rings is 2. The van der Waals surface area contributed by atoms with Gasteiger partial charge in [-0.15, -0.1) is 0 Å². The summed E-state index contributed by atoms with van der Waals surface area (Å²) >= 11 is 3.29. The third-order valence-corrected chi connectivity index (χ3v) is 5.75. The van der Waals surface area contributed by atoms with Gasteiger partial charge in [-0.3, -0.25) is 29.6 Å². The number of esters is 1. The van der Waals surface area contributed by atoms with Crippen LogP contribution in [0.1, 0.15) is 53.5 Å². The van der Waals surface area contributed by atoms with Crippen LogP contribution in [0, 0.1) is 5.92 Å². The summed E-state index contributed by atoms with van der Waals surface area (Å²) in [5.41, 5.74) is 4.44. The Morgan fingerprint density at radius 3 is 2.22 bits per heavy atom. The molecule has 1 N–H and O–H groups in total. The molecule has 0 aliphatic carbocycles. The average molecular weight is 501 g/mol. The van der Waals surface area contributed by atoms with Gasteiger partial charge < -0.3 is 4.74 Å². The van der Waals surface area contributed by atoms with Gasteiger partial charge in [0.25, 0.3) is 5.91 Å². The number of carbonyl (C=O) groups excluding carboxylic acids is 4. The number of carbonyl (C=O) groups is 4. The van der Waals surface area contributed by atoms with Crippen LogP contribution in [-0.4, -0.2) is 41.7 Å². The van der Waals surface area contributed by atoms with Crippen LogP contribution in [0.25, 0.3) is 0 Å². The zero-order chi connectivity index (χ0) is 23.5. The molecule has 1 heterocycles. The van der Waals surface area contributed by atoms with Crippen LogP contribution in [0.3, 0.4) is 0 Å². The van der Waals surface area contributed by atoms with Crippen LogP contribution in [0.15, 0.2) is 53.0 Å². The summed E-state index contributed by atoms with van der Waals surface area (Å²) in [6.45, 7) is 5.83. The van der Waals surface area contributed by atoms with E-state index < -0.39 is 24.4 Å². The summed E-state index contributed by atoms with van der Waals surface area (Å²) in [6, 6.07) is 13.9. The van der Waals surface area contributed by atoms with Crippen molar-refractivity contribution in [1.29, 1.82) is 0 Å². The number of hydrogen-bond acceptors (Lipinski definition) is 5. The Morgan fingerprint density at radius 2 is 1.62 bits per heavy atom. The second kappa shape index (κ2) is 9.65.